The molecule has 0 aromatic rings. The van der Waals surface area contributed by atoms with Crippen molar-refractivity contribution in [3.63, 3.8) is 0 Å². The predicted octanol–water partition coefficient (Wildman–Crippen LogP) is 0.789. The molecule has 4 nitrogen and oxygen atoms in total. The Balaban J connectivity index is 3.16. The molecule has 0 saturated heterocycles. The van der Waals surface area contributed by atoms with Crippen LogP contribution in [0.5, 0.6) is 0 Å². The summed E-state index contributed by atoms with van der Waals surface area (Å²) in [6, 6.07) is 0. The van der Waals surface area contributed by atoms with E-state index in [2.05, 4.69) is 0 Å². The maximum atomic E-state index is 10.4. The lowest BCUT2D eigenvalue weighted by Crippen LogP contribution is -1.98. The molecule has 0 spiro atoms. The highest BCUT2D eigenvalue weighted by atomic mass is 16.4. The third kappa shape index (κ3) is 6.92. The van der Waals surface area contributed by atoms with Gasteiger partial charge in [-0.25, -0.2) is 0 Å². The molecule has 0 radical (unpaired) electrons. The monoisotopic (exact) mass is 172 g/mol. The number of carbonyl (C=O) groups excluding carboxylic acids is 2. The number of unbranched alkanes of at least 4 members (excludes halogenated alkanes) is 2. The summed E-state index contributed by atoms with van der Waals surface area (Å²) in [5.41, 5.74) is 0. The van der Waals surface area contributed by atoms with Crippen molar-refractivity contribution in [2.24, 2.45) is 0 Å². The lowest BCUT2D eigenvalue weighted by atomic mass is 10.1. The quantitative estimate of drug-likeness (QED) is 0.350. The number of Topliss-reactive ketones (excluding diaryl/α,β-unsaturated/α-hetero) is 1. The van der Waals surface area contributed by atoms with Gasteiger partial charge in [0.1, 0.15) is 0 Å². The van der Waals surface area contributed by atoms with Gasteiger partial charge in [0.05, 0.1) is 0 Å². The van der Waals surface area contributed by atoms with Crippen LogP contribution in [0.1, 0.15) is 32.1 Å². The van der Waals surface area contributed by atoms with Crippen LogP contribution in [0.4, 0.5) is 0 Å². The zero-order valence-corrected chi connectivity index (χ0v) is 6.78. The van der Waals surface area contributed by atoms with E-state index in [4.69, 9.17) is 5.11 Å². The zero-order valence-electron chi connectivity index (χ0n) is 6.78. The van der Waals surface area contributed by atoms with E-state index in [-0.39, 0.29) is 12.8 Å². The number of hydrogen-bond donors (Lipinski definition) is 1. The Hall–Kier alpha value is -1.19. The normalized spacial score (nSPS) is 9.33. The van der Waals surface area contributed by atoms with Crippen molar-refractivity contribution in [1.29, 1.82) is 0 Å². The van der Waals surface area contributed by atoms with Crippen molar-refractivity contribution >= 4 is 18.0 Å². The number of rotatable bonds is 7. The second-order valence-corrected chi connectivity index (χ2v) is 2.54. The van der Waals surface area contributed by atoms with Crippen molar-refractivity contribution in [1.82, 2.24) is 0 Å². The molecule has 0 rings (SSSR count). The van der Waals surface area contributed by atoms with Gasteiger partial charge in [-0.05, 0) is 12.8 Å². The average molecular weight is 172 g/mol. The van der Waals surface area contributed by atoms with Crippen LogP contribution in [0.15, 0.2) is 0 Å². The van der Waals surface area contributed by atoms with Crippen LogP contribution >= 0.6 is 0 Å². The van der Waals surface area contributed by atoms with E-state index in [1.165, 1.54) is 0 Å². The van der Waals surface area contributed by atoms with Crippen LogP contribution in [-0.2, 0) is 14.4 Å². The topological polar surface area (TPSA) is 71.4 Å². The number of carbonyl (C=O) groups is 3. The van der Waals surface area contributed by atoms with Gasteiger partial charge in [0, 0.05) is 12.8 Å². The van der Waals surface area contributed by atoms with E-state index >= 15 is 0 Å². The van der Waals surface area contributed by atoms with Crippen LogP contribution in [0.3, 0.4) is 0 Å². The van der Waals surface area contributed by atoms with E-state index in [0.717, 1.165) is 0 Å². The minimum Gasteiger partial charge on any atom is -0.481 e. The van der Waals surface area contributed by atoms with Gasteiger partial charge < -0.3 is 5.11 Å². The molecular weight excluding hydrogens is 160 g/mol. The lowest BCUT2D eigenvalue weighted by Gasteiger charge is -1.94. The first-order valence-electron chi connectivity index (χ1n) is 3.86. The molecule has 0 aliphatic heterocycles. The molecule has 0 bridgehead atoms. The number of ketones is 1. The Morgan fingerprint density at radius 1 is 1.08 bits per heavy atom. The van der Waals surface area contributed by atoms with Crippen molar-refractivity contribution in [3.05, 3.63) is 0 Å². The minimum absolute atomic E-state index is 0.134. The molecule has 0 aromatic heterocycles. The third-order valence-electron chi connectivity index (χ3n) is 1.45. The highest BCUT2D eigenvalue weighted by molar-refractivity contribution is 6.24. The summed E-state index contributed by atoms with van der Waals surface area (Å²) in [5.74, 6) is -1.23. The van der Waals surface area contributed by atoms with Crippen LogP contribution in [-0.4, -0.2) is 23.1 Å². The van der Waals surface area contributed by atoms with E-state index in [1.54, 1.807) is 0 Å². The molecule has 0 heterocycles. The summed E-state index contributed by atoms with van der Waals surface area (Å²) in [7, 11) is 0. The summed E-state index contributed by atoms with van der Waals surface area (Å²) < 4.78 is 0. The third-order valence-corrected chi connectivity index (χ3v) is 1.45. The van der Waals surface area contributed by atoms with Crippen LogP contribution < -0.4 is 0 Å². The molecular formula is C8H12O4. The maximum absolute atomic E-state index is 10.4. The number of carboxylic acid groups (broad SMARTS) is 1. The molecule has 0 atom stereocenters. The predicted molar refractivity (Wildman–Crippen MR) is 41.8 cm³/mol. The molecule has 0 amide bonds. The number of carboxylic acids is 1. The molecule has 0 unspecified atom stereocenters. The fourth-order valence-corrected chi connectivity index (χ4v) is 0.811. The molecule has 68 valence electrons. The standard InChI is InChI=1S/C8H12O4/c9-6-7(10)4-2-1-3-5-8(11)12/h6H,1-5H2,(H,11,12). The van der Waals surface area contributed by atoms with Crippen LogP contribution in [0.25, 0.3) is 0 Å². The highest BCUT2D eigenvalue weighted by Gasteiger charge is 1.99. The van der Waals surface area contributed by atoms with E-state index < -0.39 is 11.8 Å². The largest absolute Gasteiger partial charge is 0.481 e. The number of aldehydes is 1. The van der Waals surface area contributed by atoms with Gasteiger partial charge in [-0.2, -0.15) is 0 Å². The molecule has 0 aliphatic carbocycles. The molecule has 0 fully saturated rings. The summed E-state index contributed by atoms with van der Waals surface area (Å²) in [4.78, 5) is 30.3. The fourth-order valence-electron chi connectivity index (χ4n) is 0.811. The first-order valence-corrected chi connectivity index (χ1v) is 3.86. The second kappa shape index (κ2) is 6.52. The summed E-state index contributed by atoms with van der Waals surface area (Å²) in [5, 5.41) is 8.25. The SMILES string of the molecule is O=CC(=O)CCCCCC(=O)O. The lowest BCUT2D eigenvalue weighted by molar-refractivity contribution is -0.137. The first kappa shape index (κ1) is 10.8. The molecule has 0 saturated carbocycles. The van der Waals surface area contributed by atoms with Gasteiger partial charge in [-0.15, -0.1) is 0 Å². The van der Waals surface area contributed by atoms with E-state index in [1.807, 2.05) is 0 Å². The Labute approximate surface area is 70.6 Å². The van der Waals surface area contributed by atoms with Gasteiger partial charge in [0.15, 0.2) is 12.1 Å². The van der Waals surface area contributed by atoms with E-state index in [9.17, 15) is 14.4 Å². The molecule has 0 aromatic carbocycles. The van der Waals surface area contributed by atoms with Gasteiger partial charge in [0.2, 0.25) is 0 Å². The van der Waals surface area contributed by atoms with Gasteiger partial charge in [-0.3, -0.25) is 14.4 Å². The van der Waals surface area contributed by atoms with Gasteiger partial charge in [-0.1, -0.05) is 6.42 Å². The van der Waals surface area contributed by atoms with Gasteiger partial charge in [0.25, 0.3) is 0 Å². The molecule has 4 heteroatoms. The van der Waals surface area contributed by atoms with E-state index in [0.29, 0.717) is 25.5 Å². The fraction of sp³-hybridized carbons (Fsp3) is 0.625. The van der Waals surface area contributed by atoms with Crippen molar-refractivity contribution in [3.8, 4) is 0 Å². The molecule has 0 aliphatic rings. The summed E-state index contributed by atoms with van der Waals surface area (Å²) >= 11 is 0. The zero-order chi connectivity index (χ0) is 9.40. The second-order valence-electron chi connectivity index (χ2n) is 2.54. The van der Waals surface area contributed by atoms with Crippen LogP contribution in [0.2, 0.25) is 0 Å². The average Bonchev–Trinajstić information content (AvgIpc) is 2.03. The molecule has 1 N–H and O–H groups in total. The highest BCUT2D eigenvalue weighted by Crippen LogP contribution is 2.02. The Morgan fingerprint density at radius 3 is 2.17 bits per heavy atom. The van der Waals surface area contributed by atoms with Crippen molar-refractivity contribution < 1.29 is 19.5 Å². The smallest absolute Gasteiger partial charge is 0.303 e. The van der Waals surface area contributed by atoms with Crippen molar-refractivity contribution in [2.75, 3.05) is 0 Å². The minimum atomic E-state index is -0.822. The van der Waals surface area contributed by atoms with Crippen molar-refractivity contribution in [2.45, 2.75) is 32.1 Å². The summed E-state index contributed by atoms with van der Waals surface area (Å²) in [6.07, 6.45) is 2.54. The Bertz CT molecular complexity index is 174. The number of hydrogen-bond acceptors (Lipinski definition) is 3. The summed E-state index contributed by atoms with van der Waals surface area (Å²) in [6.45, 7) is 0. The van der Waals surface area contributed by atoms with Crippen LogP contribution in [0, 0.1) is 0 Å². The number of aliphatic carboxylic acids is 1. The Kier molecular flexibility index (Phi) is 5.87. The molecule has 12 heavy (non-hydrogen) atoms. The Morgan fingerprint density at radius 2 is 1.67 bits per heavy atom. The first-order chi connectivity index (χ1) is 5.66. The maximum Gasteiger partial charge on any atom is 0.303 e. The van der Waals surface area contributed by atoms with Gasteiger partial charge >= 0.3 is 5.97 Å².